The molecule has 0 aliphatic carbocycles. The number of carboxylic acid groups (broad SMARTS) is 2. The van der Waals surface area contributed by atoms with Crippen molar-refractivity contribution in [2.45, 2.75) is 13.8 Å². The second-order valence-corrected chi connectivity index (χ2v) is 4.83. The molecule has 0 amide bonds. The molecule has 0 aromatic heterocycles. The molecule has 2 aromatic rings. The van der Waals surface area contributed by atoms with Crippen molar-refractivity contribution in [2.24, 2.45) is 0 Å². The Morgan fingerprint density at radius 3 is 1.38 bits per heavy atom. The van der Waals surface area contributed by atoms with Crippen molar-refractivity contribution in [3.05, 3.63) is 47.5 Å². The summed E-state index contributed by atoms with van der Waals surface area (Å²) in [5.41, 5.74) is -0.295. The van der Waals surface area contributed by atoms with Crippen molar-refractivity contribution in [3.63, 3.8) is 0 Å². The van der Waals surface area contributed by atoms with Gasteiger partial charge in [-0.05, 0) is 50.2 Å². The molecule has 0 spiro atoms. The Morgan fingerprint density at radius 2 is 1.12 bits per heavy atom. The van der Waals surface area contributed by atoms with Gasteiger partial charge in [0.1, 0.15) is 34.1 Å². The molecule has 0 heterocycles. The second kappa shape index (κ2) is 9.77. The number of benzene rings is 2. The molecule has 140 valence electrons. The maximum absolute atomic E-state index is 10.6. The van der Waals surface area contributed by atoms with Gasteiger partial charge in [-0.3, -0.25) is 0 Å². The lowest BCUT2D eigenvalue weighted by Crippen LogP contribution is -1.98. The van der Waals surface area contributed by atoms with Gasteiger partial charge in [0.15, 0.2) is 0 Å². The number of carbonyl (C=O) groups is 2. The average Bonchev–Trinajstić information content (AvgIpc) is 2.59. The summed E-state index contributed by atoms with van der Waals surface area (Å²) >= 11 is 0. The van der Waals surface area contributed by atoms with E-state index in [-0.39, 0.29) is 22.6 Å². The summed E-state index contributed by atoms with van der Waals surface area (Å²) in [6.45, 7) is 4.52. The minimum absolute atomic E-state index is 0.147. The van der Waals surface area contributed by atoms with Gasteiger partial charge in [0.2, 0.25) is 0 Å². The van der Waals surface area contributed by atoms with Crippen LogP contribution in [0.4, 0.5) is 0 Å². The molecule has 0 radical (unpaired) electrons. The summed E-state index contributed by atoms with van der Waals surface area (Å²) in [5, 5.41) is 35.6. The molecular formula is C18H20O8. The van der Waals surface area contributed by atoms with Gasteiger partial charge >= 0.3 is 11.9 Å². The zero-order valence-corrected chi connectivity index (χ0v) is 14.3. The first kappa shape index (κ1) is 20.6. The van der Waals surface area contributed by atoms with E-state index >= 15 is 0 Å². The maximum atomic E-state index is 10.6. The Morgan fingerprint density at radius 1 is 0.769 bits per heavy atom. The smallest absolute Gasteiger partial charge is 0.339 e. The number of hydrogen-bond acceptors (Lipinski definition) is 6. The van der Waals surface area contributed by atoms with Gasteiger partial charge in [0.05, 0.1) is 13.2 Å². The number of phenols is 2. The molecule has 0 saturated carbocycles. The topological polar surface area (TPSA) is 134 Å². The SMILES string of the molecule is CCOc1ccc(O)c(C(=O)O)c1.CCOc1ccc(O)c(C(=O)O)c1. The third kappa shape index (κ3) is 5.90. The van der Waals surface area contributed by atoms with Gasteiger partial charge in [-0.25, -0.2) is 9.59 Å². The van der Waals surface area contributed by atoms with Crippen LogP contribution in [-0.4, -0.2) is 45.6 Å². The van der Waals surface area contributed by atoms with Crippen LogP contribution in [0.5, 0.6) is 23.0 Å². The standard InChI is InChI=1S/2C9H10O4/c2*1-2-13-6-3-4-8(10)7(5-6)9(11)12/h2*3-5,10H,2H2,1H3,(H,11,12). The minimum atomic E-state index is -1.17. The molecule has 0 atom stereocenters. The quantitative estimate of drug-likeness (QED) is 0.615. The lowest BCUT2D eigenvalue weighted by Gasteiger charge is -2.04. The number of carboxylic acids is 2. The van der Waals surface area contributed by atoms with E-state index < -0.39 is 11.9 Å². The Kier molecular flexibility index (Phi) is 7.75. The van der Waals surface area contributed by atoms with E-state index in [1.165, 1.54) is 36.4 Å². The summed E-state index contributed by atoms with van der Waals surface area (Å²) < 4.78 is 10.2. The second-order valence-electron chi connectivity index (χ2n) is 4.83. The van der Waals surface area contributed by atoms with Crippen molar-refractivity contribution >= 4 is 11.9 Å². The highest BCUT2D eigenvalue weighted by Crippen LogP contribution is 2.23. The Balaban J connectivity index is 0.000000260. The van der Waals surface area contributed by atoms with Crippen LogP contribution in [0.1, 0.15) is 34.6 Å². The van der Waals surface area contributed by atoms with Crippen LogP contribution in [0.3, 0.4) is 0 Å². The normalized spacial score (nSPS) is 9.62. The van der Waals surface area contributed by atoms with E-state index in [9.17, 15) is 9.59 Å². The first-order valence-corrected chi connectivity index (χ1v) is 7.68. The number of hydrogen-bond donors (Lipinski definition) is 4. The Bertz CT molecular complexity index is 704. The molecule has 0 unspecified atom stereocenters. The predicted octanol–water partition coefficient (Wildman–Crippen LogP) is 2.98. The molecule has 2 rings (SSSR count). The number of aromatic carboxylic acids is 2. The first-order chi connectivity index (χ1) is 12.3. The zero-order valence-electron chi connectivity index (χ0n) is 14.3. The van der Waals surface area contributed by atoms with E-state index in [0.29, 0.717) is 24.7 Å². The average molecular weight is 364 g/mol. The summed E-state index contributed by atoms with van der Waals surface area (Å²) in [6.07, 6.45) is 0. The highest BCUT2D eigenvalue weighted by atomic mass is 16.5. The van der Waals surface area contributed by atoms with Crippen molar-refractivity contribution in [1.82, 2.24) is 0 Å². The van der Waals surface area contributed by atoms with Crippen molar-refractivity contribution in [2.75, 3.05) is 13.2 Å². The molecule has 2 aromatic carbocycles. The Labute approximate surface area is 149 Å². The third-order valence-electron chi connectivity index (χ3n) is 3.02. The molecule has 0 bridgehead atoms. The van der Waals surface area contributed by atoms with Crippen LogP contribution >= 0.6 is 0 Å². The fourth-order valence-corrected chi connectivity index (χ4v) is 1.89. The first-order valence-electron chi connectivity index (χ1n) is 7.68. The molecule has 0 aliphatic heterocycles. The monoisotopic (exact) mass is 364 g/mol. The predicted molar refractivity (Wildman–Crippen MR) is 92.5 cm³/mol. The Hall–Kier alpha value is -3.42. The number of aromatic hydroxyl groups is 2. The number of ether oxygens (including phenoxy) is 2. The molecule has 8 heteroatoms. The van der Waals surface area contributed by atoms with Gasteiger partial charge in [-0.15, -0.1) is 0 Å². The fraction of sp³-hybridized carbons (Fsp3) is 0.222. The summed E-state index contributed by atoms with van der Waals surface area (Å²) in [7, 11) is 0. The van der Waals surface area contributed by atoms with E-state index in [2.05, 4.69) is 0 Å². The van der Waals surface area contributed by atoms with E-state index in [1.54, 1.807) is 13.8 Å². The van der Waals surface area contributed by atoms with Crippen molar-refractivity contribution in [1.29, 1.82) is 0 Å². The van der Waals surface area contributed by atoms with E-state index in [1.807, 2.05) is 0 Å². The highest BCUT2D eigenvalue weighted by Gasteiger charge is 2.10. The molecule has 0 aliphatic rings. The summed E-state index contributed by atoms with van der Waals surface area (Å²) in [4.78, 5) is 21.1. The third-order valence-corrected chi connectivity index (χ3v) is 3.02. The number of rotatable bonds is 6. The molecule has 0 saturated heterocycles. The van der Waals surface area contributed by atoms with Crippen molar-refractivity contribution in [3.8, 4) is 23.0 Å². The summed E-state index contributed by atoms with van der Waals surface area (Å²) in [5.74, 6) is -1.96. The molecule has 26 heavy (non-hydrogen) atoms. The summed E-state index contributed by atoms with van der Waals surface area (Å²) in [6, 6.07) is 8.22. The zero-order chi connectivity index (χ0) is 19.7. The maximum Gasteiger partial charge on any atom is 0.339 e. The van der Waals surface area contributed by atoms with Crippen LogP contribution in [0.2, 0.25) is 0 Å². The van der Waals surface area contributed by atoms with Crippen LogP contribution < -0.4 is 9.47 Å². The van der Waals surface area contributed by atoms with Gasteiger partial charge in [0, 0.05) is 0 Å². The van der Waals surface area contributed by atoms with Crippen LogP contribution in [0, 0.1) is 0 Å². The van der Waals surface area contributed by atoms with Crippen LogP contribution in [-0.2, 0) is 0 Å². The van der Waals surface area contributed by atoms with Gasteiger partial charge in [-0.1, -0.05) is 0 Å². The van der Waals surface area contributed by atoms with Gasteiger partial charge < -0.3 is 29.9 Å². The lowest BCUT2D eigenvalue weighted by molar-refractivity contribution is 0.0682. The highest BCUT2D eigenvalue weighted by molar-refractivity contribution is 5.91. The van der Waals surface area contributed by atoms with Crippen LogP contribution in [0.15, 0.2) is 36.4 Å². The molecule has 4 N–H and O–H groups in total. The van der Waals surface area contributed by atoms with E-state index in [4.69, 9.17) is 29.9 Å². The van der Waals surface area contributed by atoms with Gasteiger partial charge in [-0.2, -0.15) is 0 Å². The fourth-order valence-electron chi connectivity index (χ4n) is 1.89. The van der Waals surface area contributed by atoms with Crippen LogP contribution in [0.25, 0.3) is 0 Å². The van der Waals surface area contributed by atoms with Gasteiger partial charge in [0.25, 0.3) is 0 Å². The largest absolute Gasteiger partial charge is 0.507 e. The molecule has 0 fully saturated rings. The van der Waals surface area contributed by atoms with E-state index in [0.717, 1.165) is 0 Å². The lowest BCUT2D eigenvalue weighted by atomic mass is 10.2. The molecular weight excluding hydrogens is 344 g/mol. The minimum Gasteiger partial charge on any atom is -0.507 e. The van der Waals surface area contributed by atoms with Crippen molar-refractivity contribution < 1.29 is 39.5 Å². The molecule has 8 nitrogen and oxygen atoms in total.